The van der Waals surface area contributed by atoms with E-state index in [1.165, 1.54) is 12.1 Å². The van der Waals surface area contributed by atoms with Crippen molar-refractivity contribution in [3.8, 4) is 5.75 Å². The molecule has 1 aromatic carbocycles. The Hall–Kier alpha value is -1.86. The smallest absolute Gasteiger partial charge is 0.359 e. The molecule has 1 heterocycles. The molecular weight excluding hydrogens is 280 g/mol. The molecule has 0 saturated heterocycles. The van der Waals surface area contributed by atoms with Crippen LogP contribution < -0.4 is 10.5 Å². The number of carbonyl (C=O) groups excluding carboxylic acids is 1. The summed E-state index contributed by atoms with van der Waals surface area (Å²) in [5.74, 6) is -0.970. The predicted octanol–water partition coefficient (Wildman–Crippen LogP) is 0.830. The number of rotatable bonds is 2. The summed E-state index contributed by atoms with van der Waals surface area (Å²) in [6.45, 7) is 0. The summed E-state index contributed by atoms with van der Waals surface area (Å²) >= 11 is 5.70. The summed E-state index contributed by atoms with van der Waals surface area (Å²) < 4.78 is 30.8. The van der Waals surface area contributed by atoms with E-state index in [2.05, 4.69) is 4.40 Å². The van der Waals surface area contributed by atoms with Crippen molar-refractivity contribution >= 4 is 33.8 Å². The number of carbonyl (C=O) groups is 1. The predicted molar refractivity (Wildman–Crippen MR) is 65.7 cm³/mol. The Morgan fingerprint density at radius 1 is 1.39 bits per heavy atom. The fourth-order valence-electron chi connectivity index (χ4n) is 1.29. The molecule has 1 aliphatic heterocycles. The molecule has 0 unspecified atom stereocenters. The molecule has 0 bridgehead atoms. The van der Waals surface area contributed by atoms with Gasteiger partial charge in [0.05, 0.1) is 11.9 Å². The summed E-state index contributed by atoms with van der Waals surface area (Å²) in [6.07, 6.45) is 0.893. The summed E-state index contributed by atoms with van der Waals surface area (Å²) in [5.41, 5.74) is 5.12. The summed E-state index contributed by atoms with van der Waals surface area (Å²) in [6, 6.07) is 5.98. The van der Waals surface area contributed by atoms with Gasteiger partial charge in [-0.25, -0.2) is 4.79 Å². The van der Waals surface area contributed by atoms with Gasteiger partial charge in [-0.2, -0.15) is 12.8 Å². The van der Waals surface area contributed by atoms with Crippen LogP contribution in [0.4, 0.5) is 0 Å². The third-order valence-corrected chi connectivity index (χ3v) is 3.58. The van der Waals surface area contributed by atoms with Crippen molar-refractivity contribution in [2.24, 2.45) is 10.1 Å². The highest BCUT2D eigenvalue weighted by Crippen LogP contribution is 2.22. The number of hydrogen-bond acceptors (Lipinski definition) is 5. The van der Waals surface area contributed by atoms with Crippen LogP contribution in [0, 0.1) is 0 Å². The first kappa shape index (κ1) is 12.6. The summed E-state index contributed by atoms with van der Waals surface area (Å²) in [4.78, 5) is 11.0. The van der Waals surface area contributed by atoms with Crippen LogP contribution >= 0.6 is 11.6 Å². The maximum absolute atomic E-state index is 11.7. The van der Waals surface area contributed by atoms with E-state index in [1.807, 2.05) is 0 Å². The van der Waals surface area contributed by atoms with Gasteiger partial charge in [-0.1, -0.05) is 17.7 Å². The normalized spacial score (nSPS) is 16.9. The van der Waals surface area contributed by atoms with Crippen LogP contribution in [0.15, 0.2) is 39.3 Å². The van der Waals surface area contributed by atoms with Crippen LogP contribution in [-0.4, -0.2) is 20.6 Å². The molecule has 94 valence electrons. The van der Waals surface area contributed by atoms with E-state index in [1.54, 1.807) is 12.1 Å². The van der Waals surface area contributed by atoms with Crippen LogP contribution in [0.5, 0.6) is 5.75 Å². The molecule has 2 rings (SSSR count). The Kier molecular flexibility index (Phi) is 3.10. The number of nitrogens with zero attached hydrogens (tertiary/aromatic N) is 1. The number of hydrogen-bond donors (Lipinski definition) is 1. The Labute approximate surface area is 108 Å². The molecule has 1 aromatic rings. The van der Waals surface area contributed by atoms with Gasteiger partial charge in [0.2, 0.25) is 0 Å². The lowest BCUT2D eigenvalue weighted by atomic mass is 10.3. The van der Waals surface area contributed by atoms with E-state index in [0.29, 0.717) is 5.02 Å². The highest BCUT2D eigenvalue weighted by molar-refractivity contribution is 7.95. The second-order valence-corrected chi connectivity index (χ2v) is 5.35. The van der Waals surface area contributed by atoms with E-state index in [0.717, 1.165) is 6.21 Å². The second kappa shape index (κ2) is 4.43. The van der Waals surface area contributed by atoms with Crippen molar-refractivity contribution < 1.29 is 17.9 Å². The fraction of sp³-hybridized carbons (Fsp3) is 0. The van der Waals surface area contributed by atoms with Crippen molar-refractivity contribution in [1.29, 1.82) is 0 Å². The molecule has 0 saturated carbocycles. The van der Waals surface area contributed by atoms with E-state index < -0.39 is 20.9 Å². The van der Waals surface area contributed by atoms with Crippen LogP contribution in [0.2, 0.25) is 5.02 Å². The Bertz CT molecular complexity index is 679. The zero-order chi connectivity index (χ0) is 13.3. The number of sulfonamides is 1. The van der Waals surface area contributed by atoms with Gasteiger partial charge < -0.3 is 10.5 Å². The average Bonchev–Trinajstić information content (AvgIpc) is 2.52. The first-order chi connectivity index (χ1) is 8.40. The molecule has 0 fully saturated rings. The molecule has 0 aromatic heterocycles. The monoisotopic (exact) mass is 286 g/mol. The minimum atomic E-state index is -4.05. The molecule has 0 atom stereocenters. The first-order valence-electron chi connectivity index (χ1n) is 4.68. The summed E-state index contributed by atoms with van der Waals surface area (Å²) in [7, 11) is -4.05. The molecule has 0 amide bonds. The molecule has 0 aliphatic carbocycles. The van der Waals surface area contributed by atoms with Gasteiger partial charge in [0.25, 0.3) is 10.0 Å². The van der Waals surface area contributed by atoms with Crippen molar-refractivity contribution in [3.63, 3.8) is 0 Å². The SMILES string of the molecule is NC1=C(C(=O)Oc2cccc(Cl)c2)S(=O)(=O)N=C1. The third kappa shape index (κ3) is 2.36. The Morgan fingerprint density at radius 2 is 2.11 bits per heavy atom. The van der Waals surface area contributed by atoms with E-state index >= 15 is 0 Å². The molecule has 0 radical (unpaired) electrons. The van der Waals surface area contributed by atoms with Gasteiger partial charge in [0.15, 0.2) is 4.91 Å². The Balaban J connectivity index is 2.28. The number of nitrogens with two attached hydrogens (primary N) is 1. The van der Waals surface area contributed by atoms with Gasteiger partial charge in [0.1, 0.15) is 5.75 Å². The van der Waals surface area contributed by atoms with Crippen molar-refractivity contribution in [3.05, 3.63) is 39.9 Å². The zero-order valence-corrected chi connectivity index (χ0v) is 10.4. The lowest BCUT2D eigenvalue weighted by Crippen LogP contribution is -2.19. The van der Waals surface area contributed by atoms with Crippen molar-refractivity contribution in [2.75, 3.05) is 0 Å². The van der Waals surface area contributed by atoms with Crippen LogP contribution in [0.1, 0.15) is 0 Å². The van der Waals surface area contributed by atoms with Gasteiger partial charge in [-0.15, -0.1) is 0 Å². The van der Waals surface area contributed by atoms with E-state index in [9.17, 15) is 13.2 Å². The quantitative estimate of drug-likeness (QED) is 0.641. The molecular formula is C10H7ClN2O4S. The summed E-state index contributed by atoms with van der Waals surface area (Å²) in [5, 5.41) is 0.354. The van der Waals surface area contributed by atoms with E-state index in [-0.39, 0.29) is 11.4 Å². The standard InChI is InChI=1S/C10H7ClN2O4S/c11-6-2-1-3-7(4-6)17-10(14)9-8(12)5-13-18(9,15)16/h1-5H,12H2. The topological polar surface area (TPSA) is 98.8 Å². The number of halogens is 1. The highest BCUT2D eigenvalue weighted by Gasteiger charge is 2.33. The van der Waals surface area contributed by atoms with Gasteiger partial charge in [-0.3, -0.25) is 0 Å². The number of benzene rings is 1. The van der Waals surface area contributed by atoms with Gasteiger partial charge in [-0.05, 0) is 18.2 Å². The number of esters is 1. The average molecular weight is 287 g/mol. The van der Waals surface area contributed by atoms with Crippen LogP contribution in [0.3, 0.4) is 0 Å². The van der Waals surface area contributed by atoms with Gasteiger partial charge >= 0.3 is 5.97 Å². The maximum atomic E-state index is 11.7. The third-order valence-electron chi connectivity index (χ3n) is 2.04. The molecule has 1 aliphatic rings. The minimum absolute atomic E-state index is 0.120. The first-order valence-corrected chi connectivity index (χ1v) is 6.50. The van der Waals surface area contributed by atoms with Gasteiger partial charge in [0, 0.05) is 5.02 Å². The lowest BCUT2D eigenvalue weighted by molar-refractivity contribution is -0.129. The number of ether oxygens (including phenoxy) is 1. The molecule has 2 N–H and O–H groups in total. The zero-order valence-electron chi connectivity index (χ0n) is 8.83. The molecule has 8 heteroatoms. The van der Waals surface area contributed by atoms with Crippen LogP contribution in [-0.2, 0) is 14.8 Å². The lowest BCUT2D eigenvalue weighted by Gasteiger charge is -2.04. The van der Waals surface area contributed by atoms with Crippen molar-refractivity contribution in [2.45, 2.75) is 0 Å². The maximum Gasteiger partial charge on any atom is 0.359 e. The van der Waals surface area contributed by atoms with E-state index in [4.69, 9.17) is 22.1 Å². The molecule has 18 heavy (non-hydrogen) atoms. The van der Waals surface area contributed by atoms with Crippen molar-refractivity contribution in [1.82, 2.24) is 0 Å². The Morgan fingerprint density at radius 3 is 2.67 bits per heavy atom. The van der Waals surface area contributed by atoms with Crippen LogP contribution in [0.25, 0.3) is 0 Å². The highest BCUT2D eigenvalue weighted by atomic mass is 35.5. The second-order valence-electron chi connectivity index (χ2n) is 3.34. The largest absolute Gasteiger partial charge is 0.422 e. The fourth-order valence-corrected chi connectivity index (χ4v) is 2.43. The number of allylic oxidation sites excluding steroid dienone is 1. The minimum Gasteiger partial charge on any atom is -0.422 e. The molecule has 0 spiro atoms. The molecule has 6 nitrogen and oxygen atoms in total.